The van der Waals surface area contributed by atoms with Gasteiger partial charge >= 0.3 is 0 Å². The van der Waals surface area contributed by atoms with Crippen molar-refractivity contribution in [3.8, 4) is 67.5 Å². The molecule has 17 aromatic rings. The quantitative estimate of drug-likeness (QED) is 0.135. The lowest BCUT2D eigenvalue weighted by molar-refractivity contribution is 0.664. The number of anilines is 3. The Hall–Kier alpha value is -11.7. The SMILES string of the molecule is CC1(C)c2cc3c4ccccc4c4ccccc4c3cc2-c2ccc3c4cc(-c5cccc(N(c6ccccc6)c6ccc7c(c6)c6ccccc6n7-c6ccccc6)c5)ccc4n(-c4cc(-c5ccccc5-c5ccccc5)nc(-c5ccccc5)n4)c3c21. The van der Waals surface area contributed by atoms with Crippen LogP contribution in [0.4, 0.5) is 17.1 Å². The normalized spacial score (nSPS) is 12.6. The maximum absolute atomic E-state index is 5.68. The highest BCUT2D eigenvalue weighted by Crippen LogP contribution is 2.55. The second kappa shape index (κ2) is 20.2. The summed E-state index contributed by atoms with van der Waals surface area (Å²) in [5.74, 6) is 1.47. The Kier molecular flexibility index (Phi) is 11.6. The highest BCUT2D eigenvalue weighted by Gasteiger charge is 2.40. The predicted octanol–water partition coefficient (Wildman–Crippen LogP) is 22.6. The van der Waals surface area contributed by atoms with Gasteiger partial charge in [0.2, 0.25) is 0 Å². The van der Waals surface area contributed by atoms with Gasteiger partial charge in [-0.25, -0.2) is 9.97 Å². The van der Waals surface area contributed by atoms with Gasteiger partial charge in [0.25, 0.3) is 0 Å². The summed E-state index contributed by atoms with van der Waals surface area (Å²) in [6.07, 6.45) is 0. The molecule has 3 aromatic heterocycles. The molecule has 0 radical (unpaired) electrons. The lowest BCUT2D eigenvalue weighted by Crippen LogP contribution is -2.17. The Morgan fingerprint density at radius 1 is 0.300 bits per heavy atom. The van der Waals surface area contributed by atoms with Crippen LogP contribution in [0.1, 0.15) is 25.0 Å². The zero-order valence-electron chi connectivity index (χ0n) is 49.7. The predicted molar refractivity (Wildman–Crippen MR) is 377 cm³/mol. The Labute approximate surface area is 521 Å². The molecule has 1 aliphatic carbocycles. The van der Waals surface area contributed by atoms with E-state index >= 15 is 0 Å². The molecule has 18 rings (SSSR count). The number of para-hydroxylation sites is 3. The van der Waals surface area contributed by atoms with E-state index in [2.05, 4.69) is 337 Å². The molecule has 1 aliphatic rings. The van der Waals surface area contributed by atoms with Gasteiger partial charge in [0.1, 0.15) is 5.82 Å². The summed E-state index contributed by atoms with van der Waals surface area (Å²) in [5, 5.41) is 12.4. The number of aromatic nitrogens is 4. The maximum Gasteiger partial charge on any atom is 0.162 e. The molecule has 0 unspecified atom stereocenters. The first-order valence-electron chi connectivity index (χ1n) is 31.0. The van der Waals surface area contributed by atoms with Gasteiger partial charge in [-0.2, -0.15) is 0 Å². The summed E-state index contributed by atoms with van der Waals surface area (Å²) in [7, 11) is 0. The summed E-state index contributed by atoms with van der Waals surface area (Å²) in [6, 6.07) is 113. The fourth-order valence-corrected chi connectivity index (χ4v) is 15.0. The van der Waals surface area contributed by atoms with E-state index in [9.17, 15) is 0 Å². The molecule has 5 heteroatoms. The number of benzene rings is 14. The van der Waals surface area contributed by atoms with Crippen LogP contribution in [0.2, 0.25) is 0 Å². The summed E-state index contributed by atoms with van der Waals surface area (Å²) in [4.78, 5) is 13.5. The molecule has 0 spiro atoms. The summed E-state index contributed by atoms with van der Waals surface area (Å²) in [6.45, 7) is 4.86. The minimum Gasteiger partial charge on any atom is -0.310 e. The van der Waals surface area contributed by atoms with Crippen molar-refractivity contribution in [3.63, 3.8) is 0 Å². The van der Waals surface area contributed by atoms with E-state index in [0.29, 0.717) is 5.82 Å². The molecule has 0 fully saturated rings. The Morgan fingerprint density at radius 3 is 1.57 bits per heavy atom. The first kappa shape index (κ1) is 51.6. The zero-order chi connectivity index (χ0) is 59.6. The van der Waals surface area contributed by atoms with E-state index in [1.54, 1.807) is 0 Å². The molecular formula is C85H57N5. The molecule has 90 heavy (non-hydrogen) atoms. The van der Waals surface area contributed by atoms with Crippen LogP contribution in [-0.2, 0) is 5.41 Å². The number of hydrogen-bond acceptors (Lipinski definition) is 3. The maximum atomic E-state index is 5.68. The van der Waals surface area contributed by atoms with Gasteiger partial charge in [-0.05, 0) is 162 Å². The monoisotopic (exact) mass is 1150 g/mol. The van der Waals surface area contributed by atoms with Gasteiger partial charge in [-0.15, -0.1) is 0 Å². The average molecular weight is 1150 g/mol. The van der Waals surface area contributed by atoms with Gasteiger partial charge in [0.05, 0.1) is 27.8 Å². The van der Waals surface area contributed by atoms with Crippen LogP contribution in [0.5, 0.6) is 0 Å². The van der Waals surface area contributed by atoms with Crippen molar-refractivity contribution in [1.82, 2.24) is 19.1 Å². The van der Waals surface area contributed by atoms with E-state index in [-0.39, 0.29) is 0 Å². The number of fused-ring (bicyclic) bond motifs is 16. The number of rotatable bonds is 9. The molecule has 5 nitrogen and oxygen atoms in total. The lowest BCUT2D eigenvalue weighted by Gasteiger charge is -2.26. The minimum atomic E-state index is -0.424. The third kappa shape index (κ3) is 7.96. The third-order valence-electron chi connectivity index (χ3n) is 19.0. The van der Waals surface area contributed by atoms with E-state index < -0.39 is 5.41 Å². The molecule has 14 aromatic carbocycles. The molecule has 0 N–H and O–H groups in total. The summed E-state index contributed by atoms with van der Waals surface area (Å²) >= 11 is 0. The number of nitrogens with zero attached hydrogens (tertiary/aromatic N) is 5. The van der Waals surface area contributed by atoms with Crippen molar-refractivity contribution in [1.29, 1.82) is 0 Å². The van der Waals surface area contributed by atoms with Gasteiger partial charge in [-0.3, -0.25) is 4.57 Å². The molecule has 0 amide bonds. The van der Waals surface area contributed by atoms with Crippen LogP contribution in [0, 0.1) is 0 Å². The molecular weight excluding hydrogens is 1090 g/mol. The average Bonchev–Trinajstić information content (AvgIpc) is 1.52. The molecule has 0 atom stereocenters. The molecule has 0 aliphatic heterocycles. The van der Waals surface area contributed by atoms with E-state index in [1.807, 2.05) is 0 Å². The Morgan fingerprint density at radius 2 is 0.833 bits per heavy atom. The van der Waals surface area contributed by atoms with Crippen LogP contribution in [0.15, 0.2) is 309 Å². The molecule has 0 saturated carbocycles. The van der Waals surface area contributed by atoms with Crippen LogP contribution in [0.25, 0.3) is 143 Å². The third-order valence-corrected chi connectivity index (χ3v) is 19.0. The zero-order valence-corrected chi connectivity index (χ0v) is 49.7. The summed E-state index contributed by atoms with van der Waals surface area (Å²) in [5.41, 5.74) is 21.0. The van der Waals surface area contributed by atoms with Crippen LogP contribution >= 0.6 is 0 Å². The van der Waals surface area contributed by atoms with Gasteiger partial charge in [-0.1, -0.05) is 232 Å². The van der Waals surface area contributed by atoms with Crippen LogP contribution < -0.4 is 4.90 Å². The Balaban J connectivity index is 0.866. The van der Waals surface area contributed by atoms with E-state index in [4.69, 9.17) is 9.97 Å². The van der Waals surface area contributed by atoms with Gasteiger partial charge in [0.15, 0.2) is 5.82 Å². The van der Waals surface area contributed by atoms with Crippen molar-refractivity contribution in [2.24, 2.45) is 0 Å². The van der Waals surface area contributed by atoms with Crippen molar-refractivity contribution < 1.29 is 0 Å². The minimum absolute atomic E-state index is 0.424. The first-order valence-corrected chi connectivity index (χ1v) is 31.0. The fraction of sp³-hybridized carbons (Fsp3) is 0.0353. The fourth-order valence-electron chi connectivity index (χ4n) is 15.0. The lowest BCUT2D eigenvalue weighted by atomic mass is 9.80. The molecule has 3 heterocycles. The first-order chi connectivity index (χ1) is 44.4. The van der Waals surface area contributed by atoms with E-state index in [1.165, 1.54) is 81.8 Å². The molecule has 422 valence electrons. The standard InChI is InChI=1S/C85H57N5/c1-85(2)76-52-72-66-38-19-17-36-64(66)63-35-16-18-37-65(63)71(72)51-73(76)69-44-45-70-74-49-57(42-46-80(74)90(83(70)82(69)85)81-53-77(86-84(87-81)55-26-9-4-10-27-55)67-39-20-15-34-62(67)54-24-7-3-8-25-54)56-28-23-33-60(48-56)88(58-29-11-5-12-30-58)61-43-47-79-75(50-61)68-40-21-22-41-78(68)89(79)59-31-13-6-14-32-59/h3-53H,1-2H3. The van der Waals surface area contributed by atoms with E-state index in [0.717, 1.165) is 84.1 Å². The van der Waals surface area contributed by atoms with Crippen molar-refractivity contribution >= 4 is 93.0 Å². The largest absolute Gasteiger partial charge is 0.310 e. The molecule has 0 saturated heterocycles. The Bertz CT molecular complexity index is 5740. The van der Waals surface area contributed by atoms with Crippen LogP contribution in [-0.4, -0.2) is 19.1 Å². The topological polar surface area (TPSA) is 38.9 Å². The molecule has 0 bridgehead atoms. The second-order valence-electron chi connectivity index (χ2n) is 24.4. The van der Waals surface area contributed by atoms with Gasteiger partial charge in [0, 0.05) is 66.9 Å². The van der Waals surface area contributed by atoms with Crippen molar-refractivity contribution in [3.05, 3.63) is 321 Å². The number of hydrogen-bond donors (Lipinski definition) is 0. The second-order valence-corrected chi connectivity index (χ2v) is 24.4. The van der Waals surface area contributed by atoms with Crippen molar-refractivity contribution in [2.75, 3.05) is 4.90 Å². The van der Waals surface area contributed by atoms with Crippen molar-refractivity contribution in [2.45, 2.75) is 19.3 Å². The summed E-state index contributed by atoms with van der Waals surface area (Å²) < 4.78 is 4.85. The van der Waals surface area contributed by atoms with Gasteiger partial charge < -0.3 is 9.47 Å². The smallest absolute Gasteiger partial charge is 0.162 e. The highest BCUT2D eigenvalue weighted by atomic mass is 15.1. The van der Waals surface area contributed by atoms with Crippen LogP contribution in [0.3, 0.4) is 0 Å². The highest BCUT2D eigenvalue weighted by molar-refractivity contribution is 6.26.